The molecule has 0 aromatic heterocycles. The van der Waals surface area contributed by atoms with Crippen molar-refractivity contribution in [3.63, 3.8) is 0 Å². The molecule has 174 valence electrons. The number of benzene rings is 2. The molecule has 0 saturated carbocycles. The van der Waals surface area contributed by atoms with Crippen LogP contribution in [0.25, 0.3) is 0 Å². The van der Waals surface area contributed by atoms with E-state index >= 15 is 0 Å². The second-order valence-electron chi connectivity index (χ2n) is 7.74. The number of amides is 2. The van der Waals surface area contributed by atoms with Crippen LogP contribution in [0, 0.1) is 13.8 Å². The van der Waals surface area contributed by atoms with Gasteiger partial charge in [-0.15, -0.1) is 0 Å². The smallest absolute Gasteiger partial charge is 0.261 e. The zero-order chi connectivity index (χ0) is 23.8. The molecule has 8 heteroatoms. The number of carbonyl (C=O) groups excluding carboxylic acids is 2. The molecule has 0 aliphatic rings. The van der Waals surface area contributed by atoms with E-state index < -0.39 is 6.04 Å². The molecule has 32 heavy (non-hydrogen) atoms. The lowest BCUT2D eigenvalue weighted by Gasteiger charge is -2.29. The molecule has 2 aromatic carbocycles. The third-order valence-corrected chi connectivity index (χ3v) is 6.31. The van der Waals surface area contributed by atoms with Crippen LogP contribution in [0.3, 0.4) is 0 Å². The topological polar surface area (TPSA) is 58.6 Å². The van der Waals surface area contributed by atoms with Crippen LogP contribution in [-0.4, -0.2) is 35.9 Å². The van der Waals surface area contributed by atoms with Gasteiger partial charge < -0.3 is 15.0 Å². The molecule has 0 aliphatic heterocycles. The van der Waals surface area contributed by atoms with E-state index in [-0.39, 0.29) is 25.0 Å². The first kappa shape index (κ1) is 26.3. The molecule has 5 nitrogen and oxygen atoms in total. The number of rotatable bonds is 10. The number of halogens is 3. The van der Waals surface area contributed by atoms with Crippen LogP contribution in [-0.2, 0) is 16.1 Å². The first-order chi connectivity index (χ1) is 15.1. The summed E-state index contributed by atoms with van der Waals surface area (Å²) in [5.74, 6) is -0.0169. The Labute approximate surface area is 205 Å². The number of carbonyl (C=O) groups is 2. The van der Waals surface area contributed by atoms with E-state index in [9.17, 15) is 9.59 Å². The predicted molar refractivity (Wildman–Crippen MR) is 131 cm³/mol. The molecule has 0 aliphatic carbocycles. The van der Waals surface area contributed by atoms with Gasteiger partial charge in [-0.25, -0.2) is 0 Å². The lowest BCUT2D eigenvalue weighted by molar-refractivity contribution is -0.142. The maximum absolute atomic E-state index is 13.1. The number of nitrogens with zero attached hydrogens (tertiary/aromatic N) is 1. The van der Waals surface area contributed by atoms with Crippen molar-refractivity contribution in [1.29, 1.82) is 0 Å². The maximum Gasteiger partial charge on any atom is 0.261 e. The second kappa shape index (κ2) is 12.3. The van der Waals surface area contributed by atoms with Crippen LogP contribution < -0.4 is 10.1 Å². The lowest BCUT2D eigenvalue weighted by atomic mass is 10.1. The van der Waals surface area contributed by atoms with E-state index in [0.717, 1.165) is 24.0 Å². The fraction of sp³-hybridized carbons (Fsp3) is 0.417. The van der Waals surface area contributed by atoms with Gasteiger partial charge in [-0.3, -0.25) is 9.59 Å². The lowest BCUT2D eigenvalue weighted by Crippen LogP contribution is -2.49. The van der Waals surface area contributed by atoms with E-state index in [1.54, 1.807) is 37.3 Å². The Balaban J connectivity index is 2.20. The quantitative estimate of drug-likeness (QED) is 0.409. The Kier molecular flexibility index (Phi) is 10.1. The molecule has 0 spiro atoms. The van der Waals surface area contributed by atoms with Gasteiger partial charge in [0.25, 0.3) is 5.91 Å². The van der Waals surface area contributed by atoms with Crippen molar-refractivity contribution in [2.24, 2.45) is 0 Å². The van der Waals surface area contributed by atoms with Crippen LogP contribution in [0.4, 0.5) is 0 Å². The summed E-state index contributed by atoms with van der Waals surface area (Å²) in [4.78, 5) is 27.3. The standard InChI is InChI=1S/C24H29Cl3N2O3/c1-5-6-9-28-24(31)17(4)29(13-18-7-8-19(25)12-21(18)26)22(30)14-32-20-10-15(2)23(27)16(3)11-20/h7-8,10-12,17H,5-6,9,13-14H2,1-4H3,(H,28,31)/t17-/m0/s1. The Morgan fingerprint density at radius 1 is 1.09 bits per heavy atom. The van der Waals surface area contributed by atoms with Crippen LogP contribution >= 0.6 is 34.8 Å². The molecule has 0 bridgehead atoms. The van der Waals surface area contributed by atoms with Gasteiger partial charge in [0, 0.05) is 28.2 Å². The number of aryl methyl sites for hydroxylation is 2. The van der Waals surface area contributed by atoms with E-state index in [2.05, 4.69) is 5.32 Å². The van der Waals surface area contributed by atoms with Crippen LogP contribution in [0.2, 0.25) is 15.1 Å². The normalized spacial score (nSPS) is 11.7. The Morgan fingerprint density at radius 3 is 2.34 bits per heavy atom. The van der Waals surface area contributed by atoms with Crippen LogP contribution in [0.1, 0.15) is 43.4 Å². The number of hydrogen-bond acceptors (Lipinski definition) is 3. The summed E-state index contributed by atoms with van der Waals surface area (Å²) in [6.07, 6.45) is 1.83. The maximum atomic E-state index is 13.1. The zero-order valence-corrected chi connectivity index (χ0v) is 21.1. The molecular weight excluding hydrogens is 471 g/mol. The fourth-order valence-corrected chi connectivity index (χ4v) is 3.75. The Morgan fingerprint density at radius 2 is 1.75 bits per heavy atom. The van der Waals surface area contributed by atoms with Crippen LogP contribution in [0.5, 0.6) is 5.75 Å². The van der Waals surface area contributed by atoms with Crippen molar-refractivity contribution < 1.29 is 14.3 Å². The van der Waals surface area contributed by atoms with Gasteiger partial charge in [0.15, 0.2) is 6.61 Å². The van der Waals surface area contributed by atoms with Crippen molar-refractivity contribution >= 4 is 46.6 Å². The second-order valence-corrected chi connectivity index (χ2v) is 8.96. The van der Waals surface area contributed by atoms with Crippen LogP contribution in [0.15, 0.2) is 30.3 Å². The largest absolute Gasteiger partial charge is 0.484 e. The molecule has 1 atom stereocenters. The molecule has 2 amide bonds. The minimum Gasteiger partial charge on any atom is -0.484 e. The molecular formula is C24H29Cl3N2O3. The van der Waals surface area contributed by atoms with Crippen molar-refractivity contribution in [1.82, 2.24) is 10.2 Å². The van der Waals surface area contributed by atoms with Gasteiger partial charge in [0.2, 0.25) is 5.91 Å². The minimum atomic E-state index is -0.705. The summed E-state index contributed by atoms with van der Waals surface area (Å²) in [7, 11) is 0. The molecule has 0 heterocycles. The van der Waals surface area contributed by atoms with E-state index in [1.807, 2.05) is 20.8 Å². The average Bonchev–Trinajstić information content (AvgIpc) is 2.74. The third kappa shape index (κ3) is 7.29. The van der Waals surface area contributed by atoms with Gasteiger partial charge in [-0.05, 0) is 68.1 Å². The first-order valence-electron chi connectivity index (χ1n) is 10.5. The molecule has 2 aromatic rings. The summed E-state index contributed by atoms with van der Waals surface area (Å²) in [5.41, 5.74) is 2.42. The van der Waals surface area contributed by atoms with Crippen molar-refractivity contribution in [2.75, 3.05) is 13.2 Å². The highest BCUT2D eigenvalue weighted by molar-refractivity contribution is 6.35. The highest BCUT2D eigenvalue weighted by atomic mass is 35.5. The number of hydrogen-bond donors (Lipinski definition) is 1. The zero-order valence-electron chi connectivity index (χ0n) is 18.8. The van der Waals surface area contributed by atoms with Gasteiger partial charge in [0.05, 0.1) is 0 Å². The minimum absolute atomic E-state index is 0.152. The monoisotopic (exact) mass is 498 g/mol. The van der Waals surface area contributed by atoms with Gasteiger partial charge in [0.1, 0.15) is 11.8 Å². The van der Waals surface area contributed by atoms with Gasteiger partial charge in [-0.2, -0.15) is 0 Å². The van der Waals surface area contributed by atoms with E-state index in [0.29, 0.717) is 32.9 Å². The molecule has 0 unspecified atom stereocenters. The molecule has 0 radical (unpaired) electrons. The number of nitrogens with one attached hydrogen (secondary N) is 1. The average molecular weight is 500 g/mol. The third-order valence-electron chi connectivity index (χ3n) is 5.12. The molecule has 0 saturated heterocycles. The summed E-state index contributed by atoms with van der Waals surface area (Å²) < 4.78 is 5.75. The molecule has 0 fully saturated rings. The predicted octanol–water partition coefficient (Wildman–Crippen LogP) is 5.98. The Hall–Kier alpha value is -1.95. The summed E-state index contributed by atoms with van der Waals surface area (Å²) in [6, 6.07) is 7.92. The summed E-state index contributed by atoms with van der Waals surface area (Å²) in [5, 5.41) is 4.48. The number of unbranched alkanes of at least 4 members (excludes halogenated alkanes) is 1. The van der Waals surface area contributed by atoms with E-state index in [4.69, 9.17) is 39.5 Å². The highest BCUT2D eigenvalue weighted by Gasteiger charge is 2.27. The Bertz CT molecular complexity index is 942. The summed E-state index contributed by atoms with van der Waals surface area (Å²) in [6.45, 7) is 7.98. The fourth-order valence-electron chi connectivity index (χ4n) is 3.17. The molecule has 1 N–H and O–H groups in total. The van der Waals surface area contributed by atoms with Gasteiger partial charge in [-0.1, -0.05) is 54.2 Å². The van der Waals surface area contributed by atoms with Crippen molar-refractivity contribution in [2.45, 2.75) is 53.1 Å². The number of ether oxygens (including phenoxy) is 1. The van der Waals surface area contributed by atoms with Gasteiger partial charge >= 0.3 is 0 Å². The first-order valence-corrected chi connectivity index (χ1v) is 11.7. The van der Waals surface area contributed by atoms with Crippen molar-refractivity contribution in [3.8, 4) is 5.75 Å². The summed E-state index contributed by atoms with van der Waals surface area (Å²) >= 11 is 18.5. The van der Waals surface area contributed by atoms with Crippen molar-refractivity contribution in [3.05, 3.63) is 62.1 Å². The molecule has 2 rings (SSSR count). The van der Waals surface area contributed by atoms with E-state index in [1.165, 1.54) is 4.90 Å². The highest BCUT2D eigenvalue weighted by Crippen LogP contribution is 2.26. The SMILES string of the molecule is CCCCNC(=O)[C@H](C)N(Cc1ccc(Cl)cc1Cl)C(=O)COc1cc(C)c(Cl)c(C)c1.